The van der Waals surface area contributed by atoms with E-state index in [2.05, 4.69) is 37.7 Å². The SMILES string of the molecule is CCCCCCCC(CCCC)N(c1ccccc1[N+](=O)[O-])N(CCCC)CCCC. The summed E-state index contributed by atoms with van der Waals surface area (Å²) < 4.78 is 0. The molecule has 0 radical (unpaired) electrons. The molecule has 0 aliphatic heterocycles. The van der Waals surface area contributed by atoms with Gasteiger partial charge in [0.2, 0.25) is 0 Å². The fraction of sp³-hybridized carbons (Fsp3) is 0.769. The van der Waals surface area contributed by atoms with Crippen LogP contribution in [0.4, 0.5) is 11.4 Å². The number of benzene rings is 1. The molecule has 0 saturated carbocycles. The third-order valence-corrected chi connectivity index (χ3v) is 6.05. The number of para-hydroxylation sites is 2. The molecule has 31 heavy (non-hydrogen) atoms. The molecule has 178 valence electrons. The molecule has 0 spiro atoms. The highest BCUT2D eigenvalue weighted by molar-refractivity contribution is 5.63. The summed E-state index contributed by atoms with van der Waals surface area (Å²) in [7, 11) is 0. The van der Waals surface area contributed by atoms with E-state index < -0.39 is 0 Å². The molecule has 0 heterocycles. The van der Waals surface area contributed by atoms with E-state index in [0.717, 1.165) is 70.1 Å². The van der Waals surface area contributed by atoms with Crippen molar-refractivity contribution >= 4 is 11.4 Å². The molecule has 0 saturated heterocycles. The molecule has 0 aliphatic carbocycles. The first-order valence-corrected chi connectivity index (χ1v) is 12.9. The Labute approximate surface area is 191 Å². The fourth-order valence-electron chi connectivity index (χ4n) is 4.21. The molecule has 0 aliphatic rings. The van der Waals surface area contributed by atoms with Crippen molar-refractivity contribution in [2.24, 2.45) is 0 Å². The van der Waals surface area contributed by atoms with Gasteiger partial charge in [-0.25, -0.2) is 5.01 Å². The van der Waals surface area contributed by atoms with Gasteiger partial charge in [-0.3, -0.25) is 15.1 Å². The van der Waals surface area contributed by atoms with Crippen molar-refractivity contribution in [3.05, 3.63) is 34.4 Å². The quantitative estimate of drug-likeness (QED) is 0.125. The summed E-state index contributed by atoms with van der Waals surface area (Å²) in [6.45, 7) is 10.8. The molecule has 0 aromatic heterocycles. The molecule has 0 amide bonds. The Morgan fingerprint density at radius 1 is 0.774 bits per heavy atom. The van der Waals surface area contributed by atoms with Crippen LogP contribution >= 0.6 is 0 Å². The monoisotopic (exact) mass is 433 g/mol. The van der Waals surface area contributed by atoms with E-state index in [9.17, 15) is 10.1 Å². The van der Waals surface area contributed by atoms with Crippen LogP contribution in [0.1, 0.15) is 111 Å². The summed E-state index contributed by atoms with van der Waals surface area (Å²) in [5.41, 5.74) is 1.00. The van der Waals surface area contributed by atoms with E-state index in [4.69, 9.17) is 0 Å². The Balaban J connectivity index is 3.28. The van der Waals surface area contributed by atoms with Crippen LogP contribution in [-0.4, -0.2) is 29.1 Å². The average Bonchev–Trinajstić information content (AvgIpc) is 2.78. The van der Waals surface area contributed by atoms with Crippen LogP contribution in [0.3, 0.4) is 0 Å². The number of rotatable bonds is 19. The third-order valence-electron chi connectivity index (χ3n) is 6.05. The first-order chi connectivity index (χ1) is 15.1. The van der Waals surface area contributed by atoms with Gasteiger partial charge in [0.1, 0.15) is 5.69 Å². The zero-order valence-corrected chi connectivity index (χ0v) is 20.7. The van der Waals surface area contributed by atoms with Crippen LogP contribution in [0.2, 0.25) is 0 Å². The number of anilines is 1. The van der Waals surface area contributed by atoms with Crippen LogP contribution in [-0.2, 0) is 0 Å². The number of nitrogens with zero attached hydrogens (tertiary/aromatic N) is 3. The van der Waals surface area contributed by atoms with E-state index in [-0.39, 0.29) is 10.6 Å². The van der Waals surface area contributed by atoms with E-state index in [1.54, 1.807) is 12.1 Å². The molecule has 1 atom stereocenters. The molecule has 0 N–H and O–H groups in total. The Hall–Kier alpha value is -1.62. The van der Waals surface area contributed by atoms with Gasteiger partial charge in [-0.05, 0) is 31.7 Å². The van der Waals surface area contributed by atoms with Crippen LogP contribution in [0, 0.1) is 10.1 Å². The highest BCUT2D eigenvalue weighted by Gasteiger charge is 2.29. The average molecular weight is 434 g/mol. The zero-order chi connectivity index (χ0) is 22.9. The molecule has 0 fully saturated rings. The standard InChI is InChI=1S/C26H47N3O2/c1-5-9-13-14-15-19-24(18-10-6-2)28(27(22-11-7-3)23-12-8-4)25-20-16-17-21-26(25)29(30)31/h16-17,20-21,24H,5-15,18-19,22-23H2,1-4H3. The lowest BCUT2D eigenvalue weighted by molar-refractivity contribution is -0.384. The lowest BCUT2D eigenvalue weighted by Gasteiger charge is -2.42. The van der Waals surface area contributed by atoms with E-state index in [1.165, 1.54) is 32.1 Å². The summed E-state index contributed by atoms with van der Waals surface area (Å²) in [5.74, 6) is 0. The normalized spacial score (nSPS) is 12.3. The molecule has 5 nitrogen and oxygen atoms in total. The topological polar surface area (TPSA) is 49.6 Å². The van der Waals surface area contributed by atoms with Gasteiger partial charge in [-0.15, -0.1) is 0 Å². The number of hydrogen-bond acceptors (Lipinski definition) is 4. The van der Waals surface area contributed by atoms with E-state index in [1.807, 2.05) is 12.1 Å². The van der Waals surface area contributed by atoms with E-state index >= 15 is 0 Å². The summed E-state index contributed by atoms with van der Waals surface area (Å²) in [4.78, 5) is 11.7. The van der Waals surface area contributed by atoms with Crippen molar-refractivity contribution in [3.63, 3.8) is 0 Å². The molecule has 0 bridgehead atoms. The van der Waals surface area contributed by atoms with Gasteiger partial charge in [0.15, 0.2) is 0 Å². The maximum atomic E-state index is 11.9. The minimum absolute atomic E-state index is 0.210. The van der Waals surface area contributed by atoms with Gasteiger partial charge < -0.3 is 0 Å². The van der Waals surface area contributed by atoms with Crippen molar-refractivity contribution in [2.45, 2.75) is 117 Å². The number of unbranched alkanes of at least 4 members (excludes halogenated alkanes) is 7. The van der Waals surface area contributed by atoms with Crippen LogP contribution in [0.15, 0.2) is 24.3 Å². The lowest BCUT2D eigenvalue weighted by atomic mass is 10.00. The maximum absolute atomic E-state index is 11.9. The summed E-state index contributed by atoms with van der Waals surface area (Å²) in [6.07, 6.45) is 15.3. The van der Waals surface area contributed by atoms with Crippen molar-refractivity contribution in [1.82, 2.24) is 5.01 Å². The van der Waals surface area contributed by atoms with Gasteiger partial charge in [0.05, 0.1) is 4.92 Å². The van der Waals surface area contributed by atoms with Crippen molar-refractivity contribution in [2.75, 3.05) is 18.1 Å². The Morgan fingerprint density at radius 3 is 1.90 bits per heavy atom. The Bertz CT molecular complexity index is 586. The number of nitro groups is 1. The maximum Gasteiger partial charge on any atom is 0.293 e. The highest BCUT2D eigenvalue weighted by atomic mass is 16.6. The van der Waals surface area contributed by atoms with Crippen molar-refractivity contribution in [3.8, 4) is 0 Å². The van der Waals surface area contributed by atoms with Crippen LogP contribution < -0.4 is 5.01 Å². The number of hydrogen-bond donors (Lipinski definition) is 0. The summed E-state index contributed by atoms with van der Waals surface area (Å²) in [5, 5.41) is 16.7. The van der Waals surface area contributed by atoms with Gasteiger partial charge in [0, 0.05) is 25.2 Å². The number of nitro benzene ring substituents is 1. The third kappa shape index (κ3) is 10.0. The summed E-state index contributed by atoms with van der Waals surface area (Å²) in [6, 6.07) is 7.67. The Morgan fingerprint density at radius 2 is 1.32 bits per heavy atom. The van der Waals surface area contributed by atoms with Gasteiger partial charge >= 0.3 is 0 Å². The minimum Gasteiger partial charge on any atom is -0.296 e. The van der Waals surface area contributed by atoms with Crippen LogP contribution in [0.25, 0.3) is 0 Å². The van der Waals surface area contributed by atoms with Gasteiger partial charge in [0.25, 0.3) is 5.69 Å². The Kier molecular flexibility index (Phi) is 15.0. The zero-order valence-electron chi connectivity index (χ0n) is 20.7. The molecule has 1 aromatic carbocycles. The number of hydrazine groups is 1. The second-order valence-electron chi connectivity index (χ2n) is 8.75. The molecule has 1 aromatic rings. The van der Waals surface area contributed by atoms with Gasteiger partial charge in [-0.1, -0.05) is 97.6 Å². The molecule has 5 heteroatoms. The molecular formula is C26H47N3O2. The second-order valence-corrected chi connectivity index (χ2v) is 8.75. The van der Waals surface area contributed by atoms with Gasteiger partial charge in [-0.2, -0.15) is 0 Å². The molecular weight excluding hydrogens is 386 g/mol. The fourth-order valence-corrected chi connectivity index (χ4v) is 4.21. The second kappa shape index (κ2) is 17.0. The molecule has 1 unspecified atom stereocenters. The van der Waals surface area contributed by atoms with Crippen molar-refractivity contribution < 1.29 is 4.92 Å². The molecule has 1 rings (SSSR count). The van der Waals surface area contributed by atoms with Crippen LogP contribution in [0.5, 0.6) is 0 Å². The lowest BCUT2D eigenvalue weighted by Crippen LogP contribution is -2.50. The first kappa shape index (κ1) is 27.4. The van der Waals surface area contributed by atoms with Crippen molar-refractivity contribution in [1.29, 1.82) is 0 Å². The minimum atomic E-state index is -0.210. The summed E-state index contributed by atoms with van der Waals surface area (Å²) >= 11 is 0. The van der Waals surface area contributed by atoms with E-state index in [0.29, 0.717) is 6.04 Å². The largest absolute Gasteiger partial charge is 0.296 e. The predicted octanol–water partition coefficient (Wildman–Crippen LogP) is 8.14. The predicted molar refractivity (Wildman–Crippen MR) is 134 cm³/mol. The highest BCUT2D eigenvalue weighted by Crippen LogP contribution is 2.33. The smallest absolute Gasteiger partial charge is 0.293 e. The first-order valence-electron chi connectivity index (χ1n) is 12.9.